The van der Waals surface area contributed by atoms with Gasteiger partial charge in [-0.3, -0.25) is 9.97 Å². The maximum atomic E-state index is 8.85. The Labute approximate surface area is 387 Å². The van der Waals surface area contributed by atoms with E-state index in [1.807, 2.05) is 79.1 Å². The van der Waals surface area contributed by atoms with Crippen LogP contribution in [0.5, 0.6) is 0 Å². The van der Waals surface area contributed by atoms with Crippen molar-refractivity contribution in [2.45, 2.75) is 6.92 Å². The van der Waals surface area contributed by atoms with E-state index in [0.717, 1.165) is 116 Å². The SMILES string of the molecule is [C-]#[N+]c1cc(-n2c3ccccc3c3cc(-c4cccnc4-c4ccccc4)ccc32)c(-c2c(C)cccc2[N+]#[C-])cc1-n1c2ccccc2c2cc(-c3cccnc3-c3ccccc3)ccc21. The van der Waals surface area contributed by atoms with E-state index in [2.05, 4.69) is 159 Å². The van der Waals surface area contributed by atoms with Crippen molar-refractivity contribution in [2.24, 2.45) is 0 Å². The third-order valence-electron chi connectivity index (χ3n) is 13.0. The Morgan fingerprint density at radius 2 is 0.866 bits per heavy atom. The summed E-state index contributed by atoms with van der Waals surface area (Å²) in [7, 11) is 0. The summed E-state index contributed by atoms with van der Waals surface area (Å²) in [6.07, 6.45) is 3.69. The molecule has 0 aliphatic rings. The first-order valence-electron chi connectivity index (χ1n) is 22.2. The number of para-hydroxylation sites is 2. The summed E-state index contributed by atoms with van der Waals surface area (Å²) in [4.78, 5) is 18.1. The summed E-state index contributed by atoms with van der Waals surface area (Å²) in [6.45, 7) is 19.3. The van der Waals surface area contributed by atoms with Crippen molar-refractivity contribution < 1.29 is 0 Å². The molecule has 67 heavy (non-hydrogen) atoms. The Morgan fingerprint density at radius 3 is 1.40 bits per heavy atom. The number of benzene rings is 8. The molecule has 8 aromatic carbocycles. The fourth-order valence-electron chi connectivity index (χ4n) is 10.0. The Hall–Kier alpha value is -9.36. The molecule has 0 fully saturated rings. The first kappa shape index (κ1) is 39.2. The predicted octanol–water partition coefficient (Wildman–Crippen LogP) is 16.4. The molecule has 0 unspecified atom stereocenters. The summed E-state index contributed by atoms with van der Waals surface area (Å²) in [5.74, 6) is 0. The van der Waals surface area contributed by atoms with Gasteiger partial charge in [0, 0.05) is 61.9 Å². The van der Waals surface area contributed by atoms with Crippen molar-refractivity contribution in [3.63, 3.8) is 0 Å². The molecule has 0 bridgehead atoms. The van der Waals surface area contributed by atoms with Gasteiger partial charge in [-0.05, 0) is 89.8 Å². The van der Waals surface area contributed by atoms with Crippen molar-refractivity contribution in [2.75, 3.05) is 0 Å². The molecular formula is C61H38N6. The number of pyridine rings is 2. The van der Waals surface area contributed by atoms with Gasteiger partial charge in [0.2, 0.25) is 5.69 Å². The monoisotopic (exact) mass is 854 g/mol. The van der Waals surface area contributed by atoms with Crippen LogP contribution in [0, 0.1) is 20.1 Å². The highest BCUT2D eigenvalue weighted by Gasteiger charge is 2.24. The van der Waals surface area contributed by atoms with E-state index in [0.29, 0.717) is 11.4 Å². The molecular weight excluding hydrogens is 817 g/mol. The standard InChI is InChI=1S/C61H38N6/c1-39-17-14-26-51(62-2)59(39)50-37-58(67-54-28-13-11-23-47(54)49-36-43(30-32-56(49)67)45-25-16-34-65-61(45)41-20-8-5-9-21-41)52(63-3)38-57(50)66-53-27-12-10-22-46(53)48-35-42(29-31-55(48)66)44-24-15-33-64-60(44)40-18-6-4-7-19-40/h4-38H,1H3. The van der Waals surface area contributed by atoms with Gasteiger partial charge in [0.15, 0.2) is 5.69 Å². The zero-order valence-corrected chi connectivity index (χ0v) is 36.4. The van der Waals surface area contributed by atoms with Gasteiger partial charge in [-0.2, -0.15) is 0 Å². The fraction of sp³-hybridized carbons (Fsp3) is 0.0164. The Balaban J connectivity index is 1.11. The number of hydrogen-bond acceptors (Lipinski definition) is 2. The second-order valence-corrected chi connectivity index (χ2v) is 16.8. The second kappa shape index (κ2) is 16.0. The molecule has 12 rings (SSSR count). The van der Waals surface area contributed by atoms with E-state index in [1.165, 1.54) is 0 Å². The number of nitrogens with zero attached hydrogens (tertiary/aromatic N) is 6. The largest absolute Gasteiger partial charge is 0.319 e. The molecule has 6 heteroatoms. The molecule has 0 radical (unpaired) electrons. The summed E-state index contributed by atoms with van der Waals surface area (Å²) in [5, 5.41) is 4.30. The van der Waals surface area contributed by atoms with Gasteiger partial charge in [-0.1, -0.05) is 145 Å². The maximum absolute atomic E-state index is 8.85. The number of aromatic nitrogens is 4. The minimum Gasteiger partial charge on any atom is -0.319 e. The first-order valence-corrected chi connectivity index (χ1v) is 22.2. The highest BCUT2D eigenvalue weighted by atomic mass is 15.0. The van der Waals surface area contributed by atoms with E-state index in [1.54, 1.807) is 0 Å². The molecule has 0 saturated heterocycles. The van der Waals surface area contributed by atoms with Crippen LogP contribution in [-0.2, 0) is 0 Å². The van der Waals surface area contributed by atoms with Crippen LogP contribution in [0.1, 0.15) is 5.56 Å². The number of rotatable bonds is 7. The van der Waals surface area contributed by atoms with Crippen LogP contribution in [0.2, 0.25) is 0 Å². The van der Waals surface area contributed by atoms with E-state index in [-0.39, 0.29) is 0 Å². The Kier molecular flexibility index (Phi) is 9.38. The zero-order chi connectivity index (χ0) is 45.0. The molecule has 0 saturated carbocycles. The first-order chi connectivity index (χ1) is 33.1. The van der Waals surface area contributed by atoms with Gasteiger partial charge in [-0.25, -0.2) is 9.69 Å². The highest BCUT2D eigenvalue weighted by Crippen LogP contribution is 2.47. The van der Waals surface area contributed by atoms with E-state index in [4.69, 9.17) is 23.1 Å². The number of aryl methyl sites for hydroxylation is 1. The van der Waals surface area contributed by atoms with Gasteiger partial charge in [0.1, 0.15) is 0 Å². The van der Waals surface area contributed by atoms with E-state index >= 15 is 0 Å². The minimum absolute atomic E-state index is 0.493. The average Bonchev–Trinajstić information content (AvgIpc) is 3.90. The molecule has 0 atom stereocenters. The zero-order valence-electron chi connectivity index (χ0n) is 36.4. The lowest BCUT2D eigenvalue weighted by Gasteiger charge is -2.21. The lowest BCUT2D eigenvalue weighted by Crippen LogP contribution is -2.02. The van der Waals surface area contributed by atoms with Crippen LogP contribution in [0.4, 0.5) is 11.4 Å². The van der Waals surface area contributed by atoms with E-state index < -0.39 is 0 Å². The average molecular weight is 855 g/mol. The van der Waals surface area contributed by atoms with Crippen LogP contribution < -0.4 is 0 Å². The molecule has 0 aliphatic heterocycles. The Bertz CT molecular complexity index is 4010. The molecule has 0 spiro atoms. The third-order valence-corrected chi connectivity index (χ3v) is 13.0. The van der Waals surface area contributed by atoms with Crippen LogP contribution in [0.25, 0.3) is 121 Å². The summed E-state index contributed by atoms with van der Waals surface area (Å²) in [6, 6.07) is 69.0. The lowest BCUT2D eigenvalue weighted by molar-refractivity contribution is 1.15. The van der Waals surface area contributed by atoms with Crippen molar-refractivity contribution in [1.29, 1.82) is 0 Å². The molecule has 0 amide bonds. The van der Waals surface area contributed by atoms with Gasteiger partial charge in [0.25, 0.3) is 0 Å². The minimum atomic E-state index is 0.493. The quantitative estimate of drug-likeness (QED) is 0.150. The predicted molar refractivity (Wildman–Crippen MR) is 275 cm³/mol. The molecule has 0 aliphatic carbocycles. The highest BCUT2D eigenvalue weighted by molar-refractivity contribution is 6.13. The summed E-state index contributed by atoms with van der Waals surface area (Å²) < 4.78 is 4.50. The third kappa shape index (κ3) is 6.39. The van der Waals surface area contributed by atoms with Crippen molar-refractivity contribution in [3.05, 3.63) is 241 Å². The van der Waals surface area contributed by atoms with Gasteiger partial charge in [-0.15, -0.1) is 0 Å². The van der Waals surface area contributed by atoms with Gasteiger partial charge < -0.3 is 9.13 Å². The topological polar surface area (TPSA) is 44.4 Å². The van der Waals surface area contributed by atoms with Gasteiger partial charge >= 0.3 is 0 Å². The molecule has 4 aromatic heterocycles. The normalized spacial score (nSPS) is 11.3. The fourth-order valence-corrected chi connectivity index (χ4v) is 10.0. The molecule has 6 nitrogen and oxygen atoms in total. The lowest BCUT2D eigenvalue weighted by atomic mass is 9.95. The summed E-state index contributed by atoms with van der Waals surface area (Å²) in [5.41, 5.74) is 17.4. The smallest absolute Gasteiger partial charge is 0.212 e. The van der Waals surface area contributed by atoms with Gasteiger partial charge in [0.05, 0.1) is 52.3 Å². The number of fused-ring (bicyclic) bond motifs is 6. The van der Waals surface area contributed by atoms with Crippen molar-refractivity contribution >= 4 is 55.0 Å². The van der Waals surface area contributed by atoms with Crippen LogP contribution in [0.15, 0.2) is 213 Å². The Morgan fingerprint density at radius 1 is 0.373 bits per heavy atom. The van der Waals surface area contributed by atoms with Crippen LogP contribution in [-0.4, -0.2) is 19.1 Å². The van der Waals surface area contributed by atoms with Crippen LogP contribution >= 0.6 is 0 Å². The molecule has 4 heterocycles. The van der Waals surface area contributed by atoms with E-state index in [9.17, 15) is 0 Å². The van der Waals surface area contributed by atoms with Crippen molar-refractivity contribution in [1.82, 2.24) is 19.1 Å². The summed E-state index contributed by atoms with van der Waals surface area (Å²) >= 11 is 0. The second-order valence-electron chi connectivity index (χ2n) is 16.8. The van der Waals surface area contributed by atoms with Crippen molar-refractivity contribution in [3.8, 4) is 67.3 Å². The molecule has 0 N–H and O–H groups in total. The molecule has 312 valence electrons. The van der Waals surface area contributed by atoms with Crippen LogP contribution in [0.3, 0.4) is 0 Å². The molecule has 12 aromatic rings. The number of hydrogen-bond donors (Lipinski definition) is 0. The maximum Gasteiger partial charge on any atom is 0.212 e.